The lowest BCUT2D eigenvalue weighted by atomic mass is 10.3. The van der Waals surface area contributed by atoms with E-state index in [2.05, 4.69) is 10.4 Å². The first-order chi connectivity index (χ1) is 7.63. The highest BCUT2D eigenvalue weighted by molar-refractivity contribution is 6.32. The summed E-state index contributed by atoms with van der Waals surface area (Å²) in [5.74, 6) is -0.259. The van der Waals surface area contributed by atoms with Crippen LogP contribution in [0.4, 0.5) is 10.1 Å². The average Bonchev–Trinajstić information content (AvgIpc) is 2.66. The van der Waals surface area contributed by atoms with Gasteiger partial charge in [-0.3, -0.25) is 13.9 Å². The zero-order valence-corrected chi connectivity index (χ0v) is 9.88. The molecule has 4 nitrogen and oxygen atoms in total. The van der Waals surface area contributed by atoms with Crippen LogP contribution in [0.3, 0.4) is 0 Å². The molecule has 1 N–H and O–H groups in total. The predicted octanol–water partition coefficient (Wildman–Crippen LogP) is 2.20. The maximum Gasteiger partial charge on any atom is 0.242 e. The number of rotatable bonds is 6. The fourth-order valence-corrected chi connectivity index (χ4v) is 1.21. The van der Waals surface area contributed by atoms with Crippen LogP contribution in [0.25, 0.3) is 0 Å². The van der Waals surface area contributed by atoms with Crippen LogP contribution in [0.2, 0.25) is 0 Å². The number of aromatic nitrogens is 2. The van der Waals surface area contributed by atoms with Crippen molar-refractivity contribution in [3.63, 3.8) is 0 Å². The van der Waals surface area contributed by atoms with Gasteiger partial charge in [0.1, 0.15) is 5.38 Å². The largest absolute Gasteiger partial charge is 0.322 e. The first kappa shape index (κ1) is 13.0. The van der Waals surface area contributed by atoms with Gasteiger partial charge in [-0.2, -0.15) is 5.10 Å². The third kappa shape index (κ3) is 4.18. The zero-order chi connectivity index (χ0) is 12.0. The first-order valence-corrected chi connectivity index (χ1v) is 5.60. The number of carbonyl (C=O) groups is 1. The van der Waals surface area contributed by atoms with E-state index < -0.39 is 5.38 Å². The van der Waals surface area contributed by atoms with Gasteiger partial charge in [-0.1, -0.05) is 0 Å². The molecule has 1 aromatic rings. The van der Waals surface area contributed by atoms with Gasteiger partial charge in [0.05, 0.1) is 18.6 Å². The van der Waals surface area contributed by atoms with E-state index >= 15 is 0 Å². The Labute approximate surface area is 98.8 Å². The van der Waals surface area contributed by atoms with E-state index in [1.54, 1.807) is 24.0 Å². The maximum atomic E-state index is 11.9. The highest BCUT2D eigenvalue weighted by Crippen LogP contribution is 2.08. The van der Waals surface area contributed by atoms with Crippen molar-refractivity contribution in [3.05, 3.63) is 12.4 Å². The van der Waals surface area contributed by atoms with Gasteiger partial charge in [-0.15, -0.1) is 11.6 Å². The number of aryl methyl sites for hydroxylation is 1. The van der Waals surface area contributed by atoms with Gasteiger partial charge in [-0.05, 0) is 19.8 Å². The highest BCUT2D eigenvalue weighted by atomic mass is 35.5. The minimum absolute atomic E-state index is 0.259. The molecule has 0 aliphatic heterocycles. The molecule has 90 valence electrons. The number of anilines is 1. The fraction of sp³-hybridized carbons (Fsp3) is 0.600. The molecular weight excluding hydrogens is 233 g/mol. The second kappa shape index (κ2) is 6.48. The smallest absolute Gasteiger partial charge is 0.242 e. The van der Waals surface area contributed by atoms with Crippen LogP contribution >= 0.6 is 11.6 Å². The molecule has 1 heterocycles. The second-order valence-corrected chi connectivity index (χ2v) is 4.15. The van der Waals surface area contributed by atoms with Crippen LogP contribution in [0.1, 0.15) is 19.8 Å². The normalized spacial score (nSPS) is 12.4. The topological polar surface area (TPSA) is 46.9 Å². The molecule has 1 aromatic heterocycles. The van der Waals surface area contributed by atoms with E-state index in [1.807, 2.05) is 0 Å². The Hall–Kier alpha value is -1.10. The number of hydrogen-bond donors (Lipinski definition) is 1. The Bertz CT molecular complexity index is 341. The molecule has 0 bridgehead atoms. The molecule has 0 spiro atoms. The number of nitrogens with zero attached hydrogens (tertiary/aromatic N) is 2. The number of alkyl halides is 2. The quantitative estimate of drug-likeness (QED) is 0.619. The summed E-state index contributed by atoms with van der Waals surface area (Å²) in [5, 5.41) is 6.09. The van der Waals surface area contributed by atoms with Gasteiger partial charge in [0.15, 0.2) is 0 Å². The summed E-state index contributed by atoms with van der Waals surface area (Å²) in [6, 6.07) is 0. The SMILES string of the molecule is C[C@H](Cl)C(=O)Nc1cnn(CCCCF)c1. The third-order valence-electron chi connectivity index (χ3n) is 2.03. The van der Waals surface area contributed by atoms with Gasteiger partial charge >= 0.3 is 0 Å². The van der Waals surface area contributed by atoms with Crippen molar-refractivity contribution in [3.8, 4) is 0 Å². The van der Waals surface area contributed by atoms with Crippen LogP contribution in [0, 0.1) is 0 Å². The summed E-state index contributed by atoms with van der Waals surface area (Å²) in [4.78, 5) is 11.3. The van der Waals surface area contributed by atoms with Crippen LogP contribution in [-0.2, 0) is 11.3 Å². The molecule has 0 aromatic carbocycles. The van der Waals surface area contributed by atoms with Gasteiger partial charge < -0.3 is 5.32 Å². The predicted molar refractivity (Wildman–Crippen MR) is 61.4 cm³/mol. The summed E-state index contributed by atoms with van der Waals surface area (Å²) in [6.45, 7) is 1.94. The Kier molecular flexibility index (Phi) is 5.25. The summed E-state index contributed by atoms with van der Waals surface area (Å²) in [6.07, 6.45) is 4.51. The number of unbranched alkanes of at least 4 members (excludes halogenated alkanes) is 1. The van der Waals surface area contributed by atoms with Crippen molar-refractivity contribution in [1.29, 1.82) is 0 Å². The van der Waals surface area contributed by atoms with E-state index in [4.69, 9.17) is 11.6 Å². The standard InChI is InChI=1S/C10H15ClFN3O/c1-8(11)10(16)14-9-6-13-15(7-9)5-3-2-4-12/h6-8H,2-5H2,1H3,(H,14,16)/t8-/m0/s1. The molecule has 0 radical (unpaired) electrons. The van der Waals surface area contributed by atoms with Crippen LogP contribution in [0.5, 0.6) is 0 Å². The van der Waals surface area contributed by atoms with Crippen molar-refractivity contribution >= 4 is 23.2 Å². The van der Waals surface area contributed by atoms with Crippen LogP contribution in [0.15, 0.2) is 12.4 Å². The molecule has 0 fully saturated rings. The van der Waals surface area contributed by atoms with Gasteiger partial charge in [0.2, 0.25) is 5.91 Å². The highest BCUT2D eigenvalue weighted by Gasteiger charge is 2.09. The third-order valence-corrected chi connectivity index (χ3v) is 2.23. The van der Waals surface area contributed by atoms with E-state index in [0.29, 0.717) is 18.7 Å². The number of carbonyl (C=O) groups excluding carboxylic acids is 1. The maximum absolute atomic E-state index is 11.9. The molecule has 16 heavy (non-hydrogen) atoms. The number of hydrogen-bond acceptors (Lipinski definition) is 2. The molecule has 0 saturated heterocycles. The van der Waals surface area contributed by atoms with Gasteiger partial charge in [-0.25, -0.2) is 0 Å². The summed E-state index contributed by atoms with van der Waals surface area (Å²) in [5.41, 5.74) is 0.609. The van der Waals surface area contributed by atoms with E-state index in [-0.39, 0.29) is 12.6 Å². The number of nitrogens with one attached hydrogen (secondary N) is 1. The summed E-state index contributed by atoms with van der Waals surface area (Å²) < 4.78 is 13.5. The molecule has 6 heteroatoms. The lowest BCUT2D eigenvalue weighted by molar-refractivity contribution is -0.115. The Morgan fingerprint density at radius 1 is 1.69 bits per heavy atom. The zero-order valence-electron chi connectivity index (χ0n) is 9.12. The number of amides is 1. The van der Waals surface area contributed by atoms with Crippen molar-refractivity contribution in [2.75, 3.05) is 12.0 Å². The van der Waals surface area contributed by atoms with Crippen LogP contribution < -0.4 is 5.32 Å². The van der Waals surface area contributed by atoms with Crippen LogP contribution in [-0.4, -0.2) is 27.7 Å². The number of halogens is 2. The molecule has 0 aliphatic carbocycles. The van der Waals surface area contributed by atoms with E-state index in [9.17, 15) is 9.18 Å². The molecule has 1 rings (SSSR count). The minimum atomic E-state index is -0.574. The first-order valence-electron chi connectivity index (χ1n) is 5.17. The Morgan fingerprint density at radius 3 is 3.06 bits per heavy atom. The average molecular weight is 248 g/mol. The Balaban J connectivity index is 2.42. The van der Waals surface area contributed by atoms with Gasteiger partial charge in [0.25, 0.3) is 0 Å². The van der Waals surface area contributed by atoms with Crippen molar-refractivity contribution < 1.29 is 9.18 Å². The molecule has 0 aliphatic rings. The summed E-state index contributed by atoms with van der Waals surface area (Å²) in [7, 11) is 0. The molecule has 0 unspecified atom stereocenters. The monoisotopic (exact) mass is 247 g/mol. The molecule has 1 atom stereocenters. The van der Waals surface area contributed by atoms with E-state index in [0.717, 1.165) is 6.42 Å². The van der Waals surface area contributed by atoms with Crippen molar-refractivity contribution in [2.45, 2.75) is 31.7 Å². The van der Waals surface area contributed by atoms with Crippen molar-refractivity contribution in [1.82, 2.24) is 9.78 Å². The van der Waals surface area contributed by atoms with Gasteiger partial charge in [0, 0.05) is 12.7 Å². The fourth-order valence-electron chi connectivity index (χ4n) is 1.16. The summed E-state index contributed by atoms with van der Waals surface area (Å²) >= 11 is 5.61. The van der Waals surface area contributed by atoms with E-state index in [1.165, 1.54) is 0 Å². The molecule has 0 saturated carbocycles. The lowest BCUT2D eigenvalue weighted by Crippen LogP contribution is -2.19. The minimum Gasteiger partial charge on any atom is -0.322 e. The lowest BCUT2D eigenvalue weighted by Gasteiger charge is -2.02. The second-order valence-electron chi connectivity index (χ2n) is 3.49. The van der Waals surface area contributed by atoms with Crippen molar-refractivity contribution in [2.24, 2.45) is 0 Å². The Morgan fingerprint density at radius 2 is 2.44 bits per heavy atom. The molecular formula is C10H15ClFN3O. The molecule has 1 amide bonds.